The number of nitro benzene ring substituents is 1. The van der Waals surface area contributed by atoms with Crippen molar-refractivity contribution >= 4 is 63.2 Å². The lowest BCUT2D eigenvalue weighted by molar-refractivity contribution is -0.384. The van der Waals surface area contributed by atoms with E-state index in [1.807, 2.05) is 0 Å². The normalized spacial score (nSPS) is 15.7. The zero-order chi connectivity index (χ0) is 23.4. The van der Waals surface area contributed by atoms with Crippen LogP contribution in [0.2, 0.25) is 0 Å². The van der Waals surface area contributed by atoms with Crippen LogP contribution in [0.15, 0.2) is 47.4 Å². The summed E-state index contributed by atoms with van der Waals surface area (Å²) in [6.07, 6.45) is 1.57. The molecule has 2 aromatic rings. The van der Waals surface area contributed by atoms with Crippen LogP contribution in [0, 0.1) is 13.7 Å². The molecule has 0 saturated carbocycles. The van der Waals surface area contributed by atoms with E-state index in [2.05, 4.69) is 27.3 Å². The highest BCUT2D eigenvalue weighted by Gasteiger charge is 2.41. The molecule has 0 unspecified atom stereocenters. The van der Waals surface area contributed by atoms with Gasteiger partial charge in [-0.25, -0.2) is 4.79 Å². The number of halogens is 1. The Morgan fingerprint density at radius 1 is 1.28 bits per heavy atom. The van der Waals surface area contributed by atoms with Gasteiger partial charge in [0.1, 0.15) is 18.4 Å². The number of methoxy groups -OCH3 is 1. The number of esters is 1. The highest BCUT2D eigenvalue weighted by molar-refractivity contribution is 14.1. The fourth-order valence-corrected chi connectivity index (χ4v) is 4.49. The van der Waals surface area contributed by atoms with Gasteiger partial charge in [0.25, 0.3) is 16.8 Å². The first-order valence-corrected chi connectivity index (χ1v) is 11.1. The minimum Gasteiger partial charge on any atom is -0.488 e. The Hall–Kier alpha value is -2.93. The molecule has 0 N–H and O–H groups in total. The van der Waals surface area contributed by atoms with Crippen molar-refractivity contribution < 1.29 is 28.8 Å². The summed E-state index contributed by atoms with van der Waals surface area (Å²) in [6, 6.07) is 10.4. The standard InChI is InChI=1S/C21H17IN2O7S/c1-12(20(26)30-2)23-19(25)18(32-21(23)27)10-13-6-7-17(16(22)9-13)31-11-14-4-3-5-15(8-14)24(28)29/h3-10,12H,11H2,1-2H3/b18-10+/t12-/m1/s1. The van der Waals surface area contributed by atoms with Crippen molar-refractivity contribution in [2.24, 2.45) is 0 Å². The lowest BCUT2D eigenvalue weighted by Crippen LogP contribution is -2.42. The lowest BCUT2D eigenvalue weighted by atomic mass is 10.2. The quantitative estimate of drug-likeness (QED) is 0.159. The van der Waals surface area contributed by atoms with Crippen molar-refractivity contribution in [3.05, 3.63) is 72.2 Å². The third-order valence-corrected chi connectivity index (χ3v) is 6.25. The summed E-state index contributed by atoms with van der Waals surface area (Å²) < 4.78 is 11.1. The zero-order valence-electron chi connectivity index (χ0n) is 16.9. The van der Waals surface area contributed by atoms with Crippen molar-refractivity contribution in [3.8, 4) is 5.75 Å². The maximum absolute atomic E-state index is 12.6. The molecule has 1 saturated heterocycles. The number of carbonyl (C=O) groups is 3. The van der Waals surface area contributed by atoms with Crippen LogP contribution in [-0.4, -0.2) is 40.1 Å². The summed E-state index contributed by atoms with van der Waals surface area (Å²) >= 11 is 2.83. The fourth-order valence-electron chi connectivity index (χ4n) is 2.89. The molecule has 166 valence electrons. The number of hydrogen-bond donors (Lipinski definition) is 0. The van der Waals surface area contributed by atoms with Gasteiger partial charge in [0, 0.05) is 12.1 Å². The third kappa shape index (κ3) is 5.27. The molecule has 0 radical (unpaired) electrons. The topological polar surface area (TPSA) is 116 Å². The molecule has 3 rings (SSSR count). The van der Waals surface area contributed by atoms with Crippen molar-refractivity contribution in [3.63, 3.8) is 0 Å². The Morgan fingerprint density at radius 3 is 2.69 bits per heavy atom. The molecule has 1 heterocycles. The van der Waals surface area contributed by atoms with Gasteiger partial charge in [-0.3, -0.25) is 24.6 Å². The van der Waals surface area contributed by atoms with Gasteiger partial charge in [-0.2, -0.15) is 0 Å². The Kier molecular flexibility index (Phi) is 7.51. The molecule has 1 fully saturated rings. The number of carbonyl (C=O) groups excluding carboxylic acids is 3. The molecule has 9 nitrogen and oxygen atoms in total. The molecular weight excluding hydrogens is 551 g/mol. The number of imide groups is 1. The van der Waals surface area contributed by atoms with Crippen LogP contribution in [0.4, 0.5) is 10.5 Å². The van der Waals surface area contributed by atoms with Gasteiger partial charge in [-0.1, -0.05) is 18.2 Å². The molecule has 0 aromatic heterocycles. The Bertz CT molecular complexity index is 1130. The van der Waals surface area contributed by atoms with Crippen LogP contribution in [-0.2, 0) is 20.9 Å². The monoisotopic (exact) mass is 568 g/mol. The summed E-state index contributed by atoms with van der Waals surface area (Å²) in [7, 11) is 1.19. The number of thioether (sulfide) groups is 1. The van der Waals surface area contributed by atoms with Gasteiger partial charge < -0.3 is 9.47 Å². The Balaban J connectivity index is 1.72. The lowest BCUT2D eigenvalue weighted by Gasteiger charge is -2.18. The Morgan fingerprint density at radius 2 is 2.03 bits per heavy atom. The SMILES string of the molecule is COC(=O)[C@@H](C)N1C(=O)S/C(=C/c2ccc(OCc3cccc([N+](=O)[O-])c3)c(I)c2)C1=O. The fraction of sp³-hybridized carbons (Fsp3) is 0.190. The second kappa shape index (κ2) is 10.1. The number of nitro groups is 1. The smallest absolute Gasteiger partial charge is 0.328 e. The van der Waals surface area contributed by atoms with Crippen LogP contribution >= 0.6 is 34.4 Å². The summed E-state index contributed by atoms with van der Waals surface area (Å²) in [4.78, 5) is 48.0. The maximum Gasteiger partial charge on any atom is 0.328 e. The van der Waals surface area contributed by atoms with Gasteiger partial charge in [0.2, 0.25) is 0 Å². The van der Waals surface area contributed by atoms with E-state index < -0.39 is 28.1 Å². The van der Waals surface area contributed by atoms with E-state index in [4.69, 9.17) is 4.74 Å². The summed E-state index contributed by atoms with van der Waals surface area (Å²) in [6.45, 7) is 1.59. The van der Waals surface area contributed by atoms with Crippen molar-refractivity contribution in [2.45, 2.75) is 19.6 Å². The Labute approximate surface area is 201 Å². The van der Waals surface area contributed by atoms with E-state index in [-0.39, 0.29) is 17.2 Å². The summed E-state index contributed by atoms with van der Waals surface area (Å²) in [5.41, 5.74) is 1.33. The number of amides is 2. The second-order valence-electron chi connectivity index (χ2n) is 6.66. The summed E-state index contributed by atoms with van der Waals surface area (Å²) in [5, 5.41) is 10.4. The van der Waals surface area contributed by atoms with Gasteiger partial charge in [0.05, 0.1) is 20.5 Å². The number of benzene rings is 2. The molecule has 2 aromatic carbocycles. The molecule has 2 amide bonds. The molecule has 32 heavy (non-hydrogen) atoms. The van der Waals surface area contributed by atoms with Crippen molar-refractivity contribution in [1.82, 2.24) is 4.90 Å². The molecule has 1 aliphatic rings. The van der Waals surface area contributed by atoms with E-state index in [9.17, 15) is 24.5 Å². The molecule has 1 aliphatic heterocycles. The van der Waals surface area contributed by atoms with Crippen molar-refractivity contribution in [2.75, 3.05) is 7.11 Å². The average Bonchev–Trinajstić information content (AvgIpc) is 3.04. The van der Waals surface area contributed by atoms with Crippen LogP contribution in [0.1, 0.15) is 18.1 Å². The average molecular weight is 568 g/mol. The molecule has 0 aliphatic carbocycles. The maximum atomic E-state index is 12.6. The predicted octanol–water partition coefficient (Wildman–Crippen LogP) is 4.38. The van der Waals surface area contributed by atoms with Crippen LogP contribution in [0.25, 0.3) is 6.08 Å². The van der Waals surface area contributed by atoms with Gasteiger partial charge in [-0.15, -0.1) is 0 Å². The number of hydrogen-bond acceptors (Lipinski definition) is 8. The molecular formula is C21H17IN2O7S. The molecule has 1 atom stereocenters. The van der Waals surface area contributed by atoms with E-state index in [0.29, 0.717) is 16.9 Å². The highest BCUT2D eigenvalue weighted by atomic mass is 127. The van der Waals surface area contributed by atoms with Crippen LogP contribution < -0.4 is 4.74 Å². The predicted molar refractivity (Wildman–Crippen MR) is 126 cm³/mol. The molecule has 0 spiro atoms. The number of non-ortho nitro benzene ring substituents is 1. The first-order chi connectivity index (χ1) is 15.2. The van der Waals surface area contributed by atoms with Gasteiger partial charge in [-0.05, 0) is 70.6 Å². The van der Waals surface area contributed by atoms with Gasteiger partial charge in [0.15, 0.2) is 0 Å². The van der Waals surface area contributed by atoms with Crippen LogP contribution in [0.3, 0.4) is 0 Å². The zero-order valence-corrected chi connectivity index (χ0v) is 19.9. The summed E-state index contributed by atoms with van der Waals surface area (Å²) in [5.74, 6) is -0.658. The second-order valence-corrected chi connectivity index (χ2v) is 8.81. The minimum atomic E-state index is -1.01. The third-order valence-electron chi connectivity index (χ3n) is 4.52. The largest absolute Gasteiger partial charge is 0.488 e. The molecule has 0 bridgehead atoms. The number of ether oxygens (including phenoxy) is 2. The first kappa shape index (κ1) is 23.7. The van der Waals surface area contributed by atoms with E-state index in [1.165, 1.54) is 26.2 Å². The van der Waals surface area contributed by atoms with E-state index >= 15 is 0 Å². The van der Waals surface area contributed by atoms with Gasteiger partial charge >= 0.3 is 5.97 Å². The van der Waals surface area contributed by atoms with Crippen molar-refractivity contribution in [1.29, 1.82) is 0 Å². The van der Waals surface area contributed by atoms with E-state index in [0.717, 1.165) is 20.2 Å². The number of rotatable bonds is 7. The first-order valence-electron chi connectivity index (χ1n) is 9.22. The van der Waals surface area contributed by atoms with Crippen LogP contribution in [0.5, 0.6) is 5.75 Å². The number of nitrogens with zero attached hydrogens (tertiary/aromatic N) is 2. The molecule has 11 heteroatoms. The minimum absolute atomic E-state index is 0.00777. The highest BCUT2D eigenvalue weighted by Crippen LogP contribution is 2.34. The van der Waals surface area contributed by atoms with E-state index in [1.54, 1.807) is 36.4 Å².